The zero-order valence-electron chi connectivity index (χ0n) is 10.7. The predicted octanol–water partition coefficient (Wildman–Crippen LogP) is 1.19. The van der Waals surface area contributed by atoms with Crippen molar-refractivity contribution < 1.29 is 23.4 Å². The molecule has 0 amide bonds. The van der Waals surface area contributed by atoms with Crippen molar-refractivity contribution in [3.05, 3.63) is 16.5 Å². The normalized spacial score (nSPS) is 13.4. The molecular weight excluding hydrogens is 290 g/mol. The number of carbonyl (C=O) groups is 1. The molecule has 6 nitrogen and oxygen atoms in total. The van der Waals surface area contributed by atoms with Crippen LogP contribution in [0.5, 0.6) is 0 Å². The van der Waals surface area contributed by atoms with Crippen molar-refractivity contribution in [1.29, 1.82) is 0 Å². The third kappa shape index (κ3) is 4.57. The quantitative estimate of drug-likeness (QED) is 0.657. The van der Waals surface area contributed by atoms with Crippen molar-refractivity contribution in [2.75, 3.05) is 6.54 Å². The van der Waals surface area contributed by atoms with Crippen LogP contribution >= 0.6 is 11.3 Å². The molecule has 8 heteroatoms. The summed E-state index contributed by atoms with van der Waals surface area (Å²) in [6.45, 7) is 3.41. The number of aryl methyl sites for hydroxylation is 1. The van der Waals surface area contributed by atoms with Crippen molar-refractivity contribution in [3.8, 4) is 0 Å². The van der Waals surface area contributed by atoms with Crippen LogP contribution in [0, 0.1) is 6.92 Å². The fraction of sp³-hybridized carbons (Fsp3) is 0.545. The van der Waals surface area contributed by atoms with Gasteiger partial charge in [-0.15, -0.1) is 11.3 Å². The molecule has 108 valence electrons. The molecule has 0 saturated heterocycles. The number of hydrogen-bond acceptors (Lipinski definition) is 5. The lowest BCUT2D eigenvalue weighted by molar-refractivity contribution is 0.0701. The summed E-state index contributed by atoms with van der Waals surface area (Å²) >= 11 is 0.739. The summed E-state index contributed by atoms with van der Waals surface area (Å²) in [5.74, 6) is -1.13. The van der Waals surface area contributed by atoms with E-state index in [1.165, 1.54) is 6.07 Å². The van der Waals surface area contributed by atoms with Crippen LogP contribution in [0.2, 0.25) is 0 Å². The number of sulfonamides is 1. The van der Waals surface area contributed by atoms with Crippen molar-refractivity contribution in [3.63, 3.8) is 0 Å². The minimum absolute atomic E-state index is 0.000512. The molecule has 1 rings (SSSR count). The molecule has 19 heavy (non-hydrogen) atoms. The third-order valence-electron chi connectivity index (χ3n) is 2.45. The molecular formula is C11H17NO5S2. The molecule has 0 aliphatic heterocycles. The van der Waals surface area contributed by atoms with E-state index in [0.717, 1.165) is 11.3 Å². The van der Waals surface area contributed by atoms with Gasteiger partial charge >= 0.3 is 5.97 Å². The number of aliphatic hydroxyl groups excluding tert-OH is 1. The molecule has 0 saturated carbocycles. The minimum atomic E-state index is -3.67. The number of hydrogen-bond donors (Lipinski definition) is 3. The van der Waals surface area contributed by atoms with Crippen LogP contribution in [0.25, 0.3) is 0 Å². The van der Waals surface area contributed by atoms with Crippen LogP contribution in [0.4, 0.5) is 0 Å². The van der Waals surface area contributed by atoms with Gasteiger partial charge in [-0.05, 0) is 38.3 Å². The molecule has 0 aliphatic carbocycles. The van der Waals surface area contributed by atoms with Crippen LogP contribution in [-0.2, 0) is 10.0 Å². The van der Waals surface area contributed by atoms with Crippen LogP contribution in [0.1, 0.15) is 35.0 Å². The number of rotatable bonds is 7. The molecule has 3 N–H and O–H groups in total. The SMILES string of the molecule is Cc1cc(S(=O)(=O)NCCCC(C)O)sc1C(=O)O. The molecule has 0 aromatic carbocycles. The molecule has 0 aliphatic rings. The summed E-state index contributed by atoms with van der Waals surface area (Å²) in [5.41, 5.74) is 0.432. The highest BCUT2D eigenvalue weighted by Crippen LogP contribution is 2.25. The number of carboxylic acids is 1. The van der Waals surface area contributed by atoms with E-state index in [-0.39, 0.29) is 15.6 Å². The van der Waals surface area contributed by atoms with Crippen molar-refractivity contribution in [1.82, 2.24) is 4.72 Å². The second kappa shape index (κ2) is 6.47. The number of carboxylic acid groups (broad SMARTS) is 1. The Morgan fingerprint density at radius 1 is 1.53 bits per heavy atom. The first-order valence-corrected chi connectivity index (χ1v) is 8.05. The molecule has 0 spiro atoms. The average Bonchev–Trinajstić information content (AvgIpc) is 2.67. The summed E-state index contributed by atoms with van der Waals surface area (Å²) in [6, 6.07) is 1.35. The Labute approximate surface area is 116 Å². The molecule has 1 aromatic heterocycles. The largest absolute Gasteiger partial charge is 0.477 e. The molecule has 1 aromatic rings. The average molecular weight is 307 g/mol. The number of aliphatic hydroxyl groups is 1. The fourth-order valence-electron chi connectivity index (χ4n) is 1.47. The van der Waals surface area contributed by atoms with E-state index in [4.69, 9.17) is 10.2 Å². The first-order chi connectivity index (χ1) is 8.74. The van der Waals surface area contributed by atoms with Gasteiger partial charge in [0.25, 0.3) is 0 Å². The van der Waals surface area contributed by atoms with Crippen LogP contribution in [-0.4, -0.2) is 37.2 Å². The van der Waals surface area contributed by atoms with E-state index < -0.39 is 22.1 Å². The lowest BCUT2D eigenvalue weighted by atomic mass is 10.2. The number of nitrogens with one attached hydrogen (secondary N) is 1. The van der Waals surface area contributed by atoms with Gasteiger partial charge in [-0.2, -0.15) is 0 Å². The van der Waals surface area contributed by atoms with E-state index >= 15 is 0 Å². The van der Waals surface area contributed by atoms with Gasteiger partial charge < -0.3 is 10.2 Å². The Morgan fingerprint density at radius 3 is 2.63 bits per heavy atom. The Balaban J connectivity index is 2.72. The maximum atomic E-state index is 11.9. The van der Waals surface area contributed by atoms with Gasteiger partial charge in [-0.1, -0.05) is 0 Å². The second-order valence-electron chi connectivity index (χ2n) is 4.27. The van der Waals surface area contributed by atoms with Crippen LogP contribution < -0.4 is 4.72 Å². The van der Waals surface area contributed by atoms with Crippen LogP contribution in [0.15, 0.2) is 10.3 Å². The lowest BCUT2D eigenvalue weighted by Crippen LogP contribution is -2.24. The Kier molecular flexibility index (Phi) is 5.48. The summed E-state index contributed by atoms with van der Waals surface area (Å²) in [7, 11) is -3.67. The lowest BCUT2D eigenvalue weighted by Gasteiger charge is -2.05. The van der Waals surface area contributed by atoms with Gasteiger partial charge in [0.1, 0.15) is 9.09 Å². The van der Waals surface area contributed by atoms with Gasteiger partial charge in [0.15, 0.2) is 0 Å². The fourth-order valence-corrected chi connectivity index (χ4v) is 3.97. The molecule has 1 atom stereocenters. The van der Waals surface area contributed by atoms with Crippen molar-refractivity contribution >= 4 is 27.3 Å². The monoisotopic (exact) mass is 307 g/mol. The van der Waals surface area contributed by atoms with Crippen LogP contribution in [0.3, 0.4) is 0 Å². The zero-order chi connectivity index (χ0) is 14.6. The maximum Gasteiger partial charge on any atom is 0.346 e. The highest BCUT2D eigenvalue weighted by Gasteiger charge is 2.21. The summed E-state index contributed by atoms with van der Waals surface area (Å²) in [5, 5.41) is 17.9. The topological polar surface area (TPSA) is 104 Å². The van der Waals surface area contributed by atoms with Gasteiger partial charge in [-0.3, -0.25) is 0 Å². The summed E-state index contributed by atoms with van der Waals surface area (Å²) in [4.78, 5) is 10.9. The zero-order valence-corrected chi connectivity index (χ0v) is 12.3. The minimum Gasteiger partial charge on any atom is -0.477 e. The van der Waals surface area contributed by atoms with Gasteiger partial charge in [0.05, 0.1) is 6.10 Å². The Hall–Kier alpha value is -0.960. The molecule has 1 heterocycles. The predicted molar refractivity (Wildman–Crippen MR) is 72.1 cm³/mol. The van der Waals surface area contributed by atoms with Crippen molar-refractivity contribution in [2.24, 2.45) is 0 Å². The van der Waals surface area contributed by atoms with E-state index in [1.807, 2.05) is 0 Å². The molecule has 0 bridgehead atoms. The van der Waals surface area contributed by atoms with Gasteiger partial charge in [-0.25, -0.2) is 17.9 Å². The highest BCUT2D eigenvalue weighted by molar-refractivity contribution is 7.91. The Morgan fingerprint density at radius 2 is 2.16 bits per heavy atom. The summed E-state index contributed by atoms with van der Waals surface area (Å²) in [6.07, 6.45) is 0.562. The molecule has 0 radical (unpaired) electrons. The Bertz CT molecular complexity index is 547. The van der Waals surface area contributed by atoms with E-state index in [2.05, 4.69) is 4.72 Å². The maximum absolute atomic E-state index is 11.9. The smallest absolute Gasteiger partial charge is 0.346 e. The van der Waals surface area contributed by atoms with Gasteiger partial charge in [0, 0.05) is 6.54 Å². The summed E-state index contributed by atoms with van der Waals surface area (Å²) < 4.78 is 26.2. The van der Waals surface area contributed by atoms with E-state index in [9.17, 15) is 13.2 Å². The first kappa shape index (κ1) is 16.1. The molecule has 0 fully saturated rings. The second-order valence-corrected chi connectivity index (χ2v) is 7.32. The number of aromatic carboxylic acids is 1. The molecule has 1 unspecified atom stereocenters. The standard InChI is InChI=1S/C11H17NO5S2/c1-7-6-9(18-10(7)11(14)15)19(16,17)12-5-3-4-8(2)13/h6,8,12-13H,3-5H2,1-2H3,(H,14,15). The number of thiophene rings is 1. The third-order valence-corrected chi connectivity index (χ3v) is 5.60. The highest BCUT2D eigenvalue weighted by atomic mass is 32.2. The van der Waals surface area contributed by atoms with E-state index in [0.29, 0.717) is 18.4 Å². The van der Waals surface area contributed by atoms with E-state index in [1.54, 1.807) is 13.8 Å². The first-order valence-electron chi connectivity index (χ1n) is 5.75. The van der Waals surface area contributed by atoms with Crippen molar-refractivity contribution in [2.45, 2.75) is 37.0 Å². The van der Waals surface area contributed by atoms with Gasteiger partial charge in [0.2, 0.25) is 10.0 Å².